The van der Waals surface area contributed by atoms with Gasteiger partial charge in [0.05, 0.1) is 32.6 Å². The normalized spacial score (nSPS) is 10.8. The highest BCUT2D eigenvalue weighted by Gasteiger charge is 2.15. The first-order valence-corrected chi connectivity index (χ1v) is 8.32. The molecule has 0 fully saturated rings. The summed E-state index contributed by atoms with van der Waals surface area (Å²) in [6.45, 7) is 0. The van der Waals surface area contributed by atoms with E-state index in [1.165, 1.54) is 0 Å². The maximum absolute atomic E-state index is 5.48. The Hall–Kier alpha value is -3.61. The van der Waals surface area contributed by atoms with Gasteiger partial charge in [-0.1, -0.05) is 12.1 Å². The van der Waals surface area contributed by atoms with Crippen molar-refractivity contribution in [3.63, 3.8) is 0 Å². The van der Waals surface area contributed by atoms with Crippen LogP contribution in [0.2, 0.25) is 0 Å². The molecule has 0 atom stereocenters. The van der Waals surface area contributed by atoms with Crippen molar-refractivity contribution in [2.24, 2.45) is 0 Å². The van der Waals surface area contributed by atoms with E-state index in [0.29, 0.717) is 23.1 Å². The summed E-state index contributed by atoms with van der Waals surface area (Å²) >= 11 is 0. The molecule has 0 saturated heterocycles. The summed E-state index contributed by atoms with van der Waals surface area (Å²) in [7, 11) is 4.86. The van der Waals surface area contributed by atoms with Gasteiger partial charge in [0.25, 0.3) is 5.78 Å². The van der Waals surface area contributed by atoms with Crippen LogP contribution in [0, 0.1) is 0 Å². The first-order chi connectivity index (χ1) is 13.2. The fraction of sp³-hybridized carbons (Fsp3) is 0.150. The average molecular weight is 362 g/mol. The largest absolute Gasteiger partial charge is 0.497 e. The van der Waals surface area contributed by atoms with Gasteiger partial charge in [-0.15, -0.1) is 5.10 Å². The number of hydrogen-bond acceptors (Lipinski definition) is 6. The second-order valence-electron chi connectivity index (χ2n) is 5.78. The molecule has 0 unspecified atom stereocenters. The maximum Gasteiger partial charge on any atom is 0.253 e. The first kappa shape index (κ1) is 16.8. The molecular formula is C20H18N4O3. The SMILES string of the molecule is COc1cccc(-c2ccnc3nc(-c4ccc(OC)cc4OC)nn23)c1. The minimum atomic E-state index is 0.503. The minimum absolute atomic E-state index is 0.503. The van der Waals surface area contributed by atoms with E-state index < -0.39 is 0 Å². The van der Waals surface area contributed by atoms with Gasteiger partial charge in [-0.25, -0.2) is 4.98 Å². The molecule has 4 rings (SSSR count). The van der Waals surface area contributed by atoms with Gasteiger partial charge >= 0.3 is 0 Å². The Morgan fingerprint density at radius 3 is 2.44 bits per heavy atom. The molecule has 136 valence electrons. The summed E-state index contributed by atoms with van der Waals surface area (Å²) in [5, 5.41) is 4.66. The Morgan fingerprint density at radius 2 is 1.67 bits per heavy atom. The molecule has 27 heavy (non-hydrogen) atoms. The lowest BCUT2D eigenvalue weighted by atomic mass is 10.1. The molecule has 0 bridgehead atoms. The predicted molar refractivity (Wildman–Crippen MR) is 101 cm³/mol. The topological polar surface area (TPSA) is 70.8 Å². The quantitative estimate of drug-likeness (QED) is 0.541. The van der Waals surface area contributed by atoms with Gasteiger partial charge in [0, 0.05) is 17.8 Å². The highest BCUT2D eigenvalue weighted by atomic mass is 16.5. The maximum atomic E-state index is 5.48. The summed E-state index contributed by atoms with van der Waals surface area (Å²) < 4.78 is 17.8. The molecule has 7 heteroatoms. The average Bonchev–Trinajstić information content (AvgIpc) is 3.17. The van der Waals surface area contributed by atoms with E-state index in [1.807, 2.05) is 42.5 Å². The van der Waals surface area contributed by atoms with E-state index in [-0.39, 0.29) is 0 Å². The van der Waals surface area contributed by atoms with E-state index >= 15 is 0 Å². The van der Waals surface area contributed by atoms with E-state index in [2.05, 4.69) is 15.1 Å². The van der Waals surface area contributed by atoms with Crippen molar-refractivity contribution in [1.29, 1.82) is 0 Å². The lowest BCUT2D eigenvalue weighted by molar-refractivity contribution is 0.395. The Kier molecular flexibility index (Phi) is 4.33. The third kappa shape index (κ3) is 3.03. The Morgan fingerprint density at radius 1 is 0.852 bits per heavy atom. The summed E-state index contributed by atoms with van der Waals surface area (Å²) in [5.74, 6) is 3.14. The van der Waals surface area contributed by atoms with E-state index in [1.54, 1.807) is 38.1 Å². The highest BCUT2D eigenvalue weighted by molar-refractivity contribution is 5.69. The van der Waals surface area contributed by atoms with Crippen molar-refractivity contribution in [3.05, 3.63) is 54.7 Å². The van der Waals surface area contributed by atoms with Gasteiger partial charge in [-0.05, 0) is 30.3 Å². The van der Waals surface area contributed by atoms with Crippen LogP contribution < -0.4 is 14.2 Å². The van der Waals surface area contributed by atoms with Crippen molar-refractivity contribution >= 4 is 5.78 Å². The molecule has 2 aromatic heterocycles. The summed E-state index contributed by atoms with van der Waals surface area (Å²) in [6.07, 6.45) is 1.72. The van der Waals surface area contributed by atoms with Crippen molar-refractivity contribution < 1.29 is 14.2 Å². The van der Waals surface area contributed by atoms with E-state index in [0.717, 1.165) is 22.6 Å². The van der Waals surface area contributed by atoms with Crippen LogP contribution in [-0.2, 0) is 0 Å². The summed E-state index contributed by atoms with van der Waals surface area (Å²) in [4.78, 5) is 8.90. The number of ether oxygens (including phenoxy) is 3. The molecule has 0 aliphatic carbocycles. The smallest absolute Gasteiger partial charge is 0.253 e. The fourth-order valence-electron chi connectivity index (χ4n) is 2.89. The Balaban J connectivity index is 1.86. The number of benzene rings is 2. The molecular weight excluding hydrogens is 344 g/mol. The number of rotatable bonds is 5. The van der Waals surface area contributed by atoms with Gasteiger partial charge in [0.1, 0.15) is 17.2 Å². The van der Waals surface area contributed by atoms with Gasteiger partial charge in [0.2, 0.25) is 0 Å². The highest BCUT2D eigenvalue weighted by Crippen LogP contribution is 2.32. The second kappa shape index (κ2) is 6.95. The van der Waals surface area contributed by atoms with Crippen LogP contribution in [-0.4, -0.2) is 40.9 Å². The predicted octanol–water partition coefficient (Wildman–Crippen LogP) is 3.48. The number of methoxy groups -OCH3 is 3. The number of hydrogen-bond donors (Lipinski definition) is 0. The number of aromatic nitrogens is 4. The molecule has 0 aliphatic heterocycles. The molecule has 0 N–H and O–H groups in total. The van der Waals surface area contributed by atoms with Gasteiger partial charge in [-0.3, -0.25) is 0 Å². The minimum Gasteiger partial charge on any atom is -0.497 e. The second-order valence-corrected chi connectivity index (χ2v) is 5.78. The monoisotopic (exact) mass is 362 g/mol. The Bertz CT molecular complexity index is 1110. The van der Waals surface area contributed by atoms with Crippen LogP contribution in [0.3, 0.4) is 0 Å². The van der Waals surface area contributed by atoms with E-state index in [9.17, 15) is 0 Å². The van der Waals surface area contributed by atoms with Crippen LogP contribution in [0.5, 0.6) is 17.2 Å². The lowest BCUT2D eigenvalue weighted by Gasteiger charge is -2.07. The van der Waals surface area contributed by atoms with Crippen LogP contribution >= 0.6 is 0 Å². The van der Waals surface area contributed by atoms with Crippen molar-refractivity contribution in [2.75, 3.05) is 21.3 Å². The van der Waals surface area contributed by atoms with Crippen molar-refractivity contribution in [1.82, 2.24) is 19.6 Å². The van der Waals surface area contributed by atoms with Gasteiger partial charge < -0.3 is 14.2 Å². The molecule has 0 spiro atoms. The molecule has 0 amide bonds. The summed E-state index contributed by atoms with van der Waals surface area (Å²) in [5.41, 5.74) is 2.59. The van der Waals surface area contributed by atoms with Gasteiger partial charge in [-0.2, -0.15) is 9.50 Å². The van der Waals surface area contributed by atoms with Crippen molar-refractivity contribution in [3.8, 4) is 39.9 Å². The van der Waals surface area contributed by atoms with Crippen molar-refractivity contribution in [2.45, 2.75) is 0 Å². The fourth-order valence-corrected chi connectivity index (χ4v) is 2.89. The van der Waals surface area contributed by atoms with Gasteiger partial charge in [0.15, 0.2) is 5.82 Å². The van der Waals surface area contributed by atoms with Crippen LogP contribution in [0.4, 0.5) is 0 Å². The number of fused-ring (bicyclic) bond motifs is 1. The molecule has 4 aromatic rings. The molecule has 0 saturated carbocycles. The molecule has 0 aliphatic rings. The zero-order valence-electron chi connectivity index (χ0n) is 15.2. The van der Waals surface area contributed by atoms with Crippen LogP contribution in [0.15, 0.2) is 54.7 Å². The van der Waals surface area contributed by atoms with Crippen LogP contribution in [0.1, 0.15) is 0 Å². The van der Waals surface area contributed by atoms with E-state index in [4.69, 9.17) is 14.2 Å². The standard InChI is InChI=1S/C20H18N4O3/c1-25-14-6-4-5-13(11-14)17-9-10-21-20-22-19(23-24(17)20)16-8-7-15(26-2)12-18(16)27-3/h4-12H,1-3H3. The summed E-state index contributed by atoms with van der Waals surface area (Å²) in [6, 6.07) is 15.2. The molecule has 7 nitrogen and oxygen atoms in total. The zero-order valence-corrected chi connectivity index (χ0v) is 15.2. The zero-order chi connectivity index (χ0) is 18.8. The molecule has 0 radical (unpaired) electrons. The third-order valence-electron chi connectivity index (χ3n) is 4.26. The first-order valence-electron chi connectivity index (χ1n) is 8.32. The number of nitrogens with zero attached hydrogens (tertiary/aromatic N) is 4. The Labute approximate surface area is 156 Å². The van der Waals surface area contributed by atoms with Crippen LogP contribution in [0.25, 0.3) is 28.4 Å². The molecule has 2 heterocycles. The lowest BCUT2D eigenvalue weighted by Crippen LogP contribution is -1.96. The molecule has 2 aromatic carbocycles. The third-order valence-corrected chi connectivity index (χ3v) is 4.26.